The third-order valence-electron chi connectivity index (χ3n) is 4.39. The van der Waals surface area contributed by atoms with E-state index in [9.17, 15) is 4.79 Å². The van der Waals surface area contributed by atoms with E-state index >= 15 is 0 Å². The van der Waals surface area contributed by atoms with Gasteiger partial charge in [0, 0.05) is 11.7 Å². The van der Waals surface area contributed by atoms with Crippen LogP contribution in [0, 0.1) is 0 Å². The summed E-state index contributed by atoms with van der Waals surface area (Å²) in [5.74, 6) is 0. The largest absolute Gasteiger partial charge is 0.334 e. The molecule has 3 nitrogen and oxygen atoms in total. The Morgan fingerprint density at radius 2 is 1.48 bits per heavy atom. The molecule has 0 fully saturated rings. The second-order valence-electron chi connectivity index (χ2n) is 6.03. The van der Waals surface area contributed by atoms with Crippen molar-refractivity contribution in [2.24, 2.45) is 0 Å². The Morgan fingerprint density at radius 1 is 0.826 bits per heavy atom. The van der Waals surface area contributed by atoms with Crippen molar-refractivity contribution in [1.29, 1.82) is 0 Å². The molecule has 0 aliphatic heterocycles. The Bertz CT molecular complexity index is 847. The van der Waals surface area contributed by atoms with E-state index in [2.05, 4.69) is 41.0 Å². The van der Waals surface area contributed by atoms with Crippen molar-refractivity contribution in [3.05, 3.63) is 77.9 Å². The number of fused-ring (bicyclic) bond motifs is 2. The molecule has 1 aliphatic carbocycles. The van der Waals surface area contributed by atoms with Gasteiger partial charge in [-0.15, -0.1) is 0 Å². The molecule has 0 radical (unpaired) electrons. The van der Waals surface area contributed by atoms with E-state index in [0.29, 0.717) is 0 Å². The van der Waals surface area contributed by atoms with Crippen LogP contribution < -0.4 is 10.6 Å². The monoisotopic (exact) mass is 302 g/mol. The van der Waals surface area contributed by atoms with Gasteiger partial charge in [-0.1, -0.05) is 54.6 Å². The fourth-order valence-electron chi connectivity index (χ4n) is 3.28. The summed E-state index contributed by atoms with van der Waals surface area (Å²) < 4.78 is 0. The molecule has 3 heteroatoms. The predicted molar refractivity (Wildman–Crippen MR) is 93.7 cm³/mol. The summed E-state index contributed by atoms with van der Waals surface area (Å²) in [6, 6.07) is 22.5. The standard InChI is InChI=1S/C20H18N2O/c23-20(22-19-12-16-7-3-4-8-17(16)13-19)21-18-10-9-14-5-1-2-6-15(14)11-18/h1-11,19H,12-13H2,(H2,21,22,23). The summed E-state index contributed by atoms with van der Waals surface area (Å²) in [5.41, 5.74) is 3.49. The van der Waals surface area contributed by atoms with Gasteiger partial charge in [-0.05, 0) is 46.9 Å². The van der Waals surface area contributed by atoms with Crippen LogP contribution in [0.5, 0.6) is 0 Å². The van der Waals surface area contributed by atoms with Gasteiger partial charge in [0.25, 0.3) is 0 Å². The molecule has 1 aliphatic rings. The van der Waals surface area contributed by atoms with Gasteiger partial charge in [-0.3, -0.25) is 0 Å². The zero-order valence-electron chi connectivity index (χ0n) is 12.8. The molecular weight excluding hydrogens is 284 g/mol. The molecule has 0 spiro atoms. The molecule has 114 valence electrons. The summed E-state index contributed by atoms with van der Waals surface area (Å²) in [6.45, 7) is 0. The SMILES string of the molecule is O=C(Nc1ccc2ccccc2c1)NC1Cc2ccccc2C1. The third-order valence-corrected chi connectivity index (χ3v) is 4.39. The van der Waals surface area contributed by atoms with Crippen LogP contribution in [0.4, 0.5) is 10.5 Å². The summed E-state index contributed by atoms with van der Waals surface area (Å²) in [5, 5.41) is 8.30. The van der Waals surface area contributed by atoms with E-state index in [-0.39, 0.29) is 12.1 Å². The van der Waals surface area contributed by atoms with Crippen LogP contribution in [0.3, 0.4) is 0 Å². The lowest BCUT2D eigenvalue weighted by atomic mass is 10.1. The second-order valence-corrected chi connectivity index (χ2v) is 6.03. The normalized spacial score (nSPS) is 13.7. The van der Waals surface area contributed by atoms with Crippen LogP contribution in [0.2, 0.25) is 0 Å². The molecule has 2 N–H and O–H groups in total. The first kappa shape index (κ1) is 13.8. The van der Waals surface area contributed by atoms with Gasteiger partial charge in [0.2, 0.25) is 0 Å². The quantitative estimate of drug-likeness (QED) is 0.734. The number of hydrogen-bond donors (Lipinski definition) is 2. The average Bonchev–Trinajstić information content (AvgIpc) is 2.96. The van der Waals surface area contributed by atoms with Crippen LogP contribution in [0.15, 0.2) is 66.7 Å². The highest BCUT2D eigenvalue weighted by Crippen LogP contribution is 2.22. The fraction of sp³-hybridized carbons (Fsp3) is 0.150. The van der Waals surface area contributed by atoms with Crippen molar-refractivity contribution < 1.29 is 4.79 Å². The number of rotatable bonds is 2. The molecule has 4 rings (SSSR count). The van der Waals surface area contributed by atoms with E-state index in [0.717, 1.165) is 23.9 Å². The number of carbonyl (C=O) groups excluding carboxylic acids is 1. The number of amides is 2. The highest BCUT2D eigenvalue weighted by atomic mass is 16.2. The minimum Gasteiger partial charge on any atom is -0.334 e. The summed E-state index contributed by atoms with van der Waals surface area (Å²) >= 11 is 0. The maximum atomic E-state index is 12.2. The van der Waals surface area contributed by atoms with Crippen LogP contribution >= 0.6 is 0 Å². The predicted octanol–water partition coefficient (Wildman–Crippen LogP) is 4.13. The highest BCUT2D eigenvalue weighted by molar-refractivity contribution is 5.93. The third kappa shape index (κ3) is 2.90. The maximum Gasteiger partial charge on any atom is 0.319 e. The molecule has 23 heavy (non-hydrogen) atoms. The van der Waals surface area contributed by atoms with Crippen molar-refractivity contribution in [3.63, 3.8) is 0 Å². The first-order valence-corrected chi connectivity index (χ1v) is 7.91. The first-order chi connectivity index (χ1) is 11.3. The Morgan fingerprint density at radius 3 is 2.22 bits per heavy atom. The number of hydrogen-bond acceptors (Lipinski definition) is 1. The van der Waals surface area contributed by atoms with E-state index in [1.54, 1.807) is 0 Å². The van der Waals surface area contributed by atoms with Crippen molar-refractivity contribution in [3.8, 4) is 0 Å². The molecule has 3 aromatic rings. The van der Waals surface area contributed by atoms with Crippen LogP contribution in [-0.2, 0) is 12.8 Å². The average molecular weight is 302 g/mol. The van der Waals surface area contributed by atoms with E-state index in [1.165, 1.54) is 16.5 Å². The smallest absolute Gasteiger partial charge is 0.319 e. The fourth-order valence-corrected chi connectivity index (χ4v) is 3.28. The first-order valence-electron chi connectivity index (χ1n) is 7.91. The number of anilines is 1. The molecule has 2 amide bonds. The van der Waals surface area contributed by atoms with Gasteiger partial charge >= 0.3 is 6.03 Å². The lowest BCUT2D eigenvalue weighted by Crippen LogP contribution is -2.38. The topological polar surface area (TPSA) is 41.1 Å². The maximum absolute atomic E-state index is 12.2. The molecule has 0 unspecified atom stereocenters. The molecule has 0 atom stereocenters. The van der Waals surface area contributed by atoms with Crippen molar-refractivity contribution in [1.82, 2.24) is 5.32 Å². The van der Waals surface area contributed by atoms with Gasteiger partial charge in [0.05, 0.1) is 0 Å². The lowest BCUT2D eigenvalue weighted by molar-refractivity contribution is 0.249. The molecule has 0 saturated heterocycles. The Balaban J connectivity index is 1.42. The van der Waals surface area contributed by atoms with Crippen LogP contribution in [-0.4, -0.2) is 12.1 Å². The molecule has 0 heterocycles. The van der Waals surface area contributed by atoms with Gasteiger partial charge in [-0.25, -0.2) is 4.79 Å². The molecule has 0 bridgehead atoms. The zero-order valence-corrected chi connectivity index (χ0v) is 12.8. The lowest BCUT2D eigenvalue weighted by Gasteiger charge is -2.13. The van der Waals surface area contributed by atoms with Crippen molar-refractivity contribution in [2.75, 3.05) is 5.32 Å². The highest BCUT2D eigenvalue weighted by Gasteiger charge is 2.22. The number of nitrogens with one attached hydrogen (secondary N) is 2. The van der Waals surface area contributed by atoms with Crippen LogP contribution in [0.25, 0.3) is 10.8 Å². The Kier molecular flexibility index (Phi) is 3.46. The van der Waals surface area contributed by atoms with Gasteiger partial charge in [0.15, 0.2) is 0 Å². The molecule has 0 saturated carbocycles. The Labute approximate surface area is 135 Å². The summed E-state index contributed by atoms with van der Waals surface area (Å²) in [6.07, 6.45) is 1.81. The molecule has 3 aromatic carbocycles. The van der Waals surface area contributed by atoms with Crippen molar-refractivity contribution in [2.45, 2.75) is 18.9 Å². The minimum absolute atomic E-state index is 0.141. The van der Waals surface area contributed by atoms with E-state index in [1.807, 2.05) is 36.4 Å². The van der Waals surface area contributed by atoms with E-state index in [4.69, 9.17) is 0 Å². The summed E-state index contributed by atoms with van der Waals surface area (Å²) in [7, 11) is 0. The number of carbonyl (C=O) groups is 1. The van der Waals surface area contributed by atoms with Gasteiger partial charge < -0.3 is 10.6 Å². The second kappa shape index (κ2) is 5.76. The van der Waals surface area contributed by atoms with E-state index < -0.39 is 0 Å². The van der Waals surface area contributed by atoms with Gasteiger partial charge in [0.1, 0.15) is 0 Å². The van der Waals surface area contributed by atoms with Gasteiger partial charge in [-0.2, -0.15) is 0 Å². The van der Waals surface area contributed by atoms with Crippen LogP contribution in [0.1, 0.15) is 11.1 Å². The Hall–Kier alpha value is -2.81. The summed E-state index contributed by atoms with van der Waals surface area (Å²) in [4.78, 5) is 12.2. The minimum atomic E-state index is -0.141. The van der Waals surface area contributed by atoms with Crippen molar-refractivity contribution >= 4 is 22.5 Å². The molecular formula is C20H18N2O. The zero-order chi connectivity index (χ0) is 15.6. The molecule has 0 aromatic heterocycles. The number of urea groups is 1. The number of benzene rings is 3.